The average Bonchev–Trinajstić information content (AvgIpc) is 1.78. The minimum atomic E-state index is 1.19. The van der Waals surface area contributed by atoms with Gasteiger partial charge in [-0.15, -0.1) is 0 Å². The number of halogens is 3. The van der Waals surface area contributed by atoms with Crippen molar-refractivity contribution >= 4 is 41.8 Å². The third kappa shape index (κ3) is 55.8. The van der Waals surface area contributed by atoms with Crippen LogP contribution < -0.4 is 0 Å². The van der Waals surface area contributed by atoms with Gasteiger partial charge in [0.05, 0.1) is 0 Å². The van der Waals surface area contributed by atoms with Gasteiger partial charge in [-0.3, -0.25) is 0 Å². The van der Waals surface area contributed by atoms with Gasteiger partial charge in [0.1, 0.15) is 0 Å². The summed E-state index contributed by atoms with van der Waals surface area (Å²) in [4.78, 5) is 0. The van der Waals surface area contributed by atoms with E-state index in [-0.39, 0.29) is 0 Å². The molecule has 0 heterocycles. The van der Waals surface area contributed by atoms with E-state index in [1.165, 1.54) is 27.7 Å². The Hall–Kier alpha value is 2.58. The Morgan fingerprint density at radius 2 is 1.29 bits per heavy atom. The van der Waals surface area contributed by atoms with Crippen LogP contribution in [0.15, 0.2) is 0 Å². The van der Waals surface area contributed by atoms with Crippen LogP contribution in [0, 0.1) is 6.92 Å². The summed E-state index contributed by atoms with van der Waals surface area (Å²) in [6.45, 7) is 5.00. The van der Waals surface area contributed by atoms with Gasteiger partial charge in [-0.1, -0.05) is 0 Å². The quantitative estimate of drug-likeness (QED) is 0.434. The van der Waals surface area contributed by atoms with Crippen molar-refractivity contribution in [1.82, 2.24) is 0 Å². The molecule has 0 unspecified atom stereocenters. The molecule has 0 aliphatic heterocycles. The normalized spacial score (nSPS) is 5.00. The van der Waals surface area contributed by atoms with Crippen LogP contribution >= 0.6 is 41.8 Å². The molecule has 0 atom stereocenters. The fraction of sp³-hybridized carbons (Fsp3) is 0.500. The van der Waals surface area contributed by atoms with Crippen LogP contribution in [0.4, 0.5) is 0 Å². The Bertz CT molecular complexity index is 12.9. The second-order valence-corrected chi connectivity index (χ2v) is 4.80. The molecule has 0 radical (unpaired) electrons. The van der Waals surface area contributed by atoms with Gasteiger partial charge in [0.2, 0.25) is 0 Å². The van der Waals surface area contributed by atoms with Gasteiger partial charge in [-0.25, -0.2) is 0 Å². The predicted molar refractivity (Wildman–Crippen MR) is 37.8 cm³/mol. The number of rotatable bonds is 0. The third-order valence-electron chi connectivity index (χ3n) is 0. The molecule has 47 valence electrons. The summed E-state index contributed by atoms with van der Waals surface area (Å²) in [5, 5.41) is 0. The summed E-state index contributed by atoms with van der Waals surface area (Å²) < 4.78 is 0. The first-order valence-electron chi connectivity index (χ1n) is 1.20. The van der Waals surface area contributed by atoms with Gasteiger partial charge < -0.3 is 6.92 Å². The first kappa shape index (κ1) is 16.3. The molecule has 5 heteroatoms. The van der Waals surface area contributed by atoms with E-state index in [1.54, 1.807) is 6.92 Å². The Kier molecular flexibility index (Phi) is 89.5. The second kappa shape index (κ2) is 38.4. The summed E-state index contributed by atoms with van der Waals surface area (Å²) in [7, 11) is 0. The number of hydrogen-bond acceptors (Lipinski definition) is 0. The van der Waals surface area contributed by atoms with Crippen LogP contribution in [0.1, 0.15) is 6.92 Å². The van der Waals surface area contributed by atoms with Crippen LogP contribution in [0.25, 0.3) is 0 Å². The first-order valence-corrected chi connectivity index (χ1v) is 12.8. The van der Waals surface area contributed by atoms with Crippen molar-refractivity contribution in [3.05, 3.63) is 6.92 Å². The van der Waals surface area contributed by atoms with Gasteiger partial charge in [0.25, 0.3) is 0 Å². The second-order valence-electron chi connectivity index (χ2n) is 0.0431. The molecule has 0 N–H and O–H groups in total. The van der Waals surface area contributed by atoms with Crippen molar-refractivity contribution in [3.63, 3.8) is 0 Å². The Balaban J connectivity index is -0.0000000360. The maximum absolute atomic E-state index is 3.25. The molecule has 0 spiro atoms. The van der Waals surface area contributed by atoms with E-state index in [2.05, 4.69) is 48.8 Å². The zero-order valence-electron chi connectivity index (χ0n) is 3.85. The molecule has 0 nitrogen and oxygen atoms in total. The van der Waals surface area contributed by atoms with Crippen molar-refractivity contribution in [3.8, 4) is 0 Å². The minimum absolute atomic E-state index is 1.19. The molecule has 0 aliphatic rings. The zero-order chi connectivity index (χ0) is 6.71. The van der Waals surface area contributed by atoms with E-state index in [0.717, 1.165) is 0 Å². The standard InChI is InChI=1S/C2H5.3BrH.Cu.Zn/c1-2;;;;;/h1H2,2H3;3*1H;;/q-1;;;;2*+2/p-3. The molecular formula is C2H5Br3CuZn. The molecular weight excluding hydrogens is 393 g/mol. The van der Waals surface area contributed by atoms with Gasteiger partial charge in [-0.05, 0) is 0 Å². The van der Waals surface area contributed by atoms with Crippen molar-refractivity contribution < 1.29 is 27.7 Å². The third-order valence-corrected chi connectivity index (χ3v) is 0. The maximum atomic E-state index is 3.25. The van der Waals surface area contributed by atoms with Crippen molar-refractivity contribution in [2.45, 2.75) is 6.92 Å². The van der Waals surface area contributed by atoms with E-state index in [9.17, 15) is 0 Å². The van der Waals surface area contributed by atoms with E-state index in [1.807, 2.05) is 0 Å². The van der Waals surface area contributed by atoms with Crippen LogP contribution in [0.3, 0.4) is 0 Å². The topological polar surface area (TPSA) is 0 Å². The molecule has 0 saturated heterocycles. The average molecular weight is 398 g/mol. The van der Waals surface area contributed by atoms with Crippen molar-refractivity contribution in [2.75, 3.05) is 0 Å². The Morgan fingerprint density at radius 1 is 1.29 bits per heavy atom. The SMILES string of the molecule is [Br][Cu][Br].[CH2-]C.[Zn+][Br]. The van der Waals surface area contributed by atoms with Crippen molar-refractivity contribution in [2.24, 2.45) is 0 Å². The van der Waals surface area contributed by atoms with E-state index < -0.39 is 0 Å². The molecule has 0 bridgehead atoms. The number of hydrogen-bond donors (Lipinski definition) is 0. The Labute approximate surface area is 82.2 Å². The van der Waals surface area contributed by atoms with Crippen LogP contribution in [-0.4, -0.2) is 0 Å². The summed E-state index contributed by atoms with van der Waals surface area (Å²) in [5.41, 5.74) is 0. The molecule has 0 aromatic carbocycles. The molecule has 7 heavy (non-hydrogen) atoms. The zero-order valence-corrected chi connectivity index (χ0v) is 12.5. The molecule has 0 rings (SSSR count). The van der Waals surface area contributed by atoms with Crippen LogP contribution in [-0.2, 0) is 27.7 Å². The van der Waals surface area contributed by atoms with E-state index >= 15 is 0 Å². The fourth-order valence-electron chi connectivity index (χ4n) is 0. The Morgan fingerprint density at radius 3 is 1.29 bits per heavy atom. The molecule has 0 aromatic rings. The summed E-state index contributed by atoms with van der Waals surface area (Å²) in [6.07, 6.45) is 0. The van der Waals surface area contributed by atoms with Gasteiger partial charge >= 0.3 is 69.5 Å². The molecule has 0 fully saturated rings. The predicted octanol–water partition coefficient (Wildman–Crippen LogP) is 3.37. The molecule has 0 amide bonds. The van der Waals surface area contributed by atoms with Crippen LogP contribution in [0.5, 0.6) is 0 Å². The van der Waals surface area contributed by atoms with Gasteiger partial charge in [0, 0.05) is 0 Å². The first-order chi connectivity index (χ1) is 3.41. The van der Waals surface area contributed by atoms with Crippen molar-refractivity contribution in [1.29, 1.82) is 0 Å². The monoisotopic (exact) mass is 393 g/mol. The molecule has 0 aliphatic carbocycles. The molecule has 0 saturated carbocycles. The summed E-state index contributed by atoms with van der Waals surface area (Å²) >= 11 is 11.6. The van der Waals surface area contributed by atoms with E-state index in [0.29, 0.717) is 0 Å². The van der Waals surface area contributed by atoms with Crippen LogP contribution in [0.2, 0.25) is 0 Å². The van der Waals surface area contributed by atoms with E-state index in [4.69, 9.17) is 0 Å². The summed E-state index contributed by atoms with van der Waals surface area (Å²) in [6, 6.07) is 0. The van der Waals surface area contributed by atoms with Gasteiger partial charge in [-0.2, -0.15) is 6.92 Å². The fourth-order valence-corrected chi connectivity index (χ4v) is 0. The van der Waals surface area contributed by atoms with Gasteiger partial charge in [0.15, 0.2) is 0 Å². The summed E-state index contributed by atoms with van der Waals surface area (Å²) in [5.74, 6) is 0. The molecule has 0 aromatic heterocycles.